The second-order valence-corrected chi connectivity index (χ2v) is 4.54. The van der Waals surface area contributed by atoms with Crippen LogP contribution in [0.2, 0.25) is 6.04 Å². The Hall–Kier alpha value is 0.579. The van der Waals surface area contributed by atoms with Crippen molar-refractivity contribution in [3.63, 3.8) is 0 Å². The molecule has 1 aliphatic rings. The summed E-state index contributed by atoms with van der Waals surface area (Å²) in [6.45, 7) is 1.06. The van der Waals surface area contributed by atoms with Gasteiger partial charge in [-0.1, -0.05) is 6.42 Å². The third kappa shape index (κ3) is 22.4. The van der Waals surface area contributed by atoms with Crippen molar-refractivity contribution >= 4 is 37.5 Å². The Bertz CT molecular complexity index is 158. The lowest BCUT2D eigenvalue weighted by Crippen LogP contribution is -2.06. The molecule has 1 saturated heterocycles. The van der Waals surface area contributed by atoms with E-state index in [2.05, 4.69) is 0 Å². The van der Waals surface area contributed by atoms with Crippen LogP contribution >= 0.6 is 0 Å². The van der Waals surface area contributed by atoms with E-state index in [0.717, 1.165) is 6.61 Å². The third-order valence-corrected chi connectivity index (χ3v) is 2.44. The van der Waals surface area contributed by atoms with Crippen molar-refractivity contribution in [3.05, 3.63) is 0 Å². The Balaban J connectivity index is 0. The molecule has 0 atom stereocenters. The van der Waals surface area contributed by atoms with E-state index in [1.807, 2.05) is 0 Å². The Morgan fingerprint density at radius 3 is 1.83 bits per heavy atom. The van der Waals surface area contributed by atoms with Crippen molar-refractivity contribution in [2.24, 2.45) is 0 Å². The van der Waals surface area contributed by atoms with Crippen molar-refractivity contribution in [3.8, 4) is 0 Å². The van der Waals surface area contributed by atoms with Crippen LogP contribution in [0.3, 0.4) is 0 Å². The molecular formula is C4H15AlO5SSi. The first-order chi connectivity index (χ1) is 5.00. The topological polar surface area (TPSA) is 83.8 Å². The van der Waals surface area contributed by atoms with Crippen molar-refractivity contribution in [2.45, 2.75) is 18.9 Å². The van der Waals surface area contributed by atoms with Gasteiger partial charge in [-0.15, -0.1) is 0 Å². The SMILES string of the molecule is C1CC[SiH2]OC1.O=S(=O)(O)O.[AlH3]. The van der Waals surface area contributed by atoms with E-state index in [0.29, 0.717) is 0 Å². The minimum absolute atomic E-state index is 0. The Morgan fingerprint density at radius 2 is 1.75 bits per heavy atom. The highest BCUT2D eigenvalue weighted by molar-refractivity contribution is 7.79. The van der Waals surface area contributed by atoms with Crippen LogP contribution in [0, 0.1) is 0 Å². The van der Waals surface area contributed by atoms with Crippen molar-refractivity contribution in [1.82, 2.24) is 0 Å². The zero-order valence-electron chi connectivity index (χ0n) is 6.06. The molecule has 0 aromatic rings. The van der Waals surface area contributed by atoms with Crippen LogP contribution in [-0.2, 0) is 14.8 Å². The van der Waals surface area contributed by atoms with E-state index in [-0.39, 0.29) is 27.1 Å². The Morgan fingerprint density at radius 1 is 1.25 bits per heavy atom. The van der Waals surface area contributed by atoms with Crippen molar-refractivity contribution in [1.29, 1.82) is 0 Å². The molecule has 0 amide bonds. The van der Waals surface area contributed by atoms with E-state index in [1.54, 1.807) is 0 Å². The molecule has 1 aliphatic heterocycles. The summed E-state index contributed by atoms with van der Waals surface area (Å²) in [5.74, 6) is 0. The summed E-state index contributed by atoms with van der Waals surface area (Å²) in [4.78, 5) is 0. The molecule has 0 aromatic heterocycles. The summed E-state index contributed by atoms with van der Waals surface area (Å²) in [5.41, 5.74) is 0. The monoisotopic (exact) mass is 230 g/mol. The molecule has 0 aliphatic carbocycles. The Kier molecular flexibility index (Phi) is 10.3. The van der Waals surface area contributed by atoms with Crippen LogP contribution < -0.4 is 0 Å². The van der Waals surface area contributed by atoms with Gasteiger partial charge in [-0.2, -0.15) is 8.42 Å². The third-order valence-electron chi connectivity index (χ3n) is 1.08. The van der Waals surface area contributed by atoms with E-state index < -0.39 is 10.4 Å². The maximum Gasteiger partial charge on any atom is 0.394 e. The molecule has 2 N–H and O–H groups in total. The van der Waals surface area contributed by atoms with Crippen LogP contribution in [0.4, 0.5) is 0 Å². The lowest BCUT2D eigenvalue weighted by Gasteiger charge is -2.07. The quantitative estimate of drug-likeness (QED) is 0.389. The first-order valence-electron chi connectivity index (χ1n) is 3.28. The highest BCUT2D eigenvalue weighted by Gasteiger charge is 1.96. The molecule has 8 heteroatoms. The van der Waals surface area contributed by atoms with Crippen LogP contribution in [0.1, 0.15) is 12.8 Å². The van der Waals surface area contributed by atoms with E-state index in [9.17, 15) is 0 Å². The van der Waals surface area contributed by atoms with Crippen molar-refractivity contribution < 1.29 is 21.9 Å². The van der Waals surface area contributed by atoms with Gasteiger partial charge in [-0.05, 0) is 12.5 Å². The summed E-state index contributed by atoms with van der Waals surface area (Å²) in [5, 5.41) is 0. The highest BCUT2D eigenvalue weighted by Crippen LogP contribution is 2.01. The average Bonchev–Trinajstić information content (AvgIpc) is 1.88. The number of rotatable bonds is 0. The molecule has 0 aromatic carbocycles. The van der Waals surface area contributed by atoms with Gasteiger partial charge in [0.25, 0.3) is 0 Å². The smallest absolute Gasteiger partial charge is 0.394 e. The predicted molar refractivity (Wildman–Crippen MR) is 52.7 cm³/mol. The molecule has 0 unspecified atom stereocenters. The van der Waals surface area contributed by atoms with Gasteiger partial charge in [0.1, 0.15) is 0 Å². The van der Waals surface area contributed by atoms with Gasteiger partial charge in [-0.3, -0.25) is 9.11 Å². The van der Waals surface area contributed by atoms with E-state index in [4.69, 9.17) is 21.9 Å². The van der Waals surface area contributed by atoms with Crippen LogP contribution in [0.25, 0.3) is 0 Å². The second-order valence-electron chi connectivity index (χ2n) is 2.12. The molecule has 0 saturated carbocycles. The molecule has 1 rings (SSSR count). The average molecular weight is 230 g/mol. The van der Waals surface area contributed by atoms with Gasteiger partial charge in [0.2, 0.25) is 0 Å². The van der Waals surface area contributed by atoms with Crippen molar-refractivity contribution in [2.75, 3.05) is 6.61 Å². The lowest BCUT2D eigenvalue weighted by molar-refractivity contribution is 0.304. The van der Waals surface area contributed by atoms with Gasteiger partial charge in [-0.25, -0.2) is 0 Å². The number of hydrogen-bond acceptors (Lipinski definition) is 3. The van der Waals surface area contributed by atoms with Crippen LogP contribution in [0.15, 0.2) is 0 Å². The Labute approximate surface area is 85.2 Å². The molecule has 0 radical (unpaired) electrons. The molecule has 1 fully saturated rings. The number of hydrogen-bond donors (Lipinski definition) is 2. The summed E-state index contributed by atoms with van der Waals surface area (Å²) < 4.78 is 36.8. The molecular weight excluding hydrogens is 215 g/mol. The van der Waals surface area contributed by atoms with Crippen LogP contribution in [-0.4, -0.2) is 51.3 Å². The second kappa shape index (κ2) is 8.19. The van der Waals surface area contributed by atoms with Gasteiger partial charge in [0.05, 0.1) is 0 Å². The zero-order valence-corrected chi connectivity index (χ0v) is 8.29. The van der Waals surface area contributed by atoms with Gasteiger partial charge in [0.15, 0.2) is 27.1 Å². The largest absolute Gasteiger partial charge is 0.424 e. The van der Waals surface area contributed by atoms with Gasteiger partial charge < -0.3 is 4.43 Å². The van der Waals surface area contributed by atoms with E-state index in [1.165, 1.54) is 18.9 Å². The minimum Gasteiger partial charge on any atom is -0.424 e. The minimum atomic E-state index is -4.67. The summed E-state index contributed by atoms with van der Waals surface area (Å²) in [6, 6.07) is 1.42. The molecule has 5 nitrogen and oxygen atoms in total. The summed E-state index contributed by atoms with van der Waals surface area (Å²) in [7, 11) is -4.66. The maximum absolute atomic E-state index is 8.74. The fourth-order valence-corrected chi connectivity index (χ4v) is 1.86. The lowest BCUT2D eigenvalue weighted by atomic mass is 10.4. The van der Waals surface area contributed by atoms with Gasteiger partial charge in [0, 0.05) is 6.61 Å². The fraction of sp³-hybridized carbons (Fsp3) is 1.00. The zero-order chi connectivity index (χ0) is 8.74. The van der Waals surface area contributed by atoms with E-state index >= 15 is 0 Å². The normalized spacial score (nSPS) is 18.8. The fourth-order valence-electron chi connectivity index (χ4n) is 0.687. The summed E-state index contributed by atoms with van der Waals surface area (Å²) >= 11 is 0. The molecule has 1 heterocycles. The standard InChI is InChI=1S/C4H10OSi.Al.H2O4S.3H/c1-2-4-6-5-3-1;;1-5(2,3)4;;;/h1-4,6H2;;(H2,1,2,3,4);;;. The summed E-state index contributed by atoms with van der Waals surface area (Å²) in [6.07, 6.45) is 2.75. The first kappa shape index (κ1) is 15.1. The molecule has 12 heavy (non-hydrogen) atoms. The predicted octanol–water partition coefficient (Wildman–Crippen LogP) is -1.54. The molecule has 74 valence electrons. The molecule has 0 spiro atoms. The highest BCUT2D eigenvalue weighted by atomic mass is 32.3. The first-order valence-corrected chi connectivity index (χ1v) is 6.25. The van der Waals surface area contributed by atoms with Crippen LogP contribution in [0.5, 0.6) is 0 Å². The van der Waals surface area contributed by atoms with Gasteiger partial charge >= 0.3 is 10.4 Å². The maximum atomic E-state index is 8.74. The molecule has 0 bridgehead atoms.